The lowest BCUT2D eigenvalue weighted by Crippen LogP contribution is -2.31. The molecule has 0 saturated carbocycles. The van der Waals surface area contributed by atoms with E-state index in [0.29, 0.717) is 0 Å². The number of imidazole rings is 2. The topological polar surface area (TPSA) is 433 Å². The number of aliphatic hydroxyl groups is 2. The number of aromatic nitrogens is 11. The number of nitrogens with zero attached hydrogens (tertiary/aromatic N) is 9. The summed E-state index contributed by atoms with van der Waals surface area (Å²) in [5.41, 5.74) is 14.7. The van der Waals surface area contributed by atoms with Crippen molar-refractivity contribution in [2.75, 3.05) is 37.0 Å². The first-order valence-electron chi connectivity index (χ1n) is 17.7. The predicted molar refractivity (Wildman–Crippen MR) is 196 cm³/mol. The summed E-state index contributed by atoms with van der Waals surface area (Å²) in [6.07, 6.45) is -8.13. The average molecular weight is 887 g/mol. The van der Waals surface area contributed by atoms with Crippen LogP contribution >= 0.6 is 15.6 Å². The van der Waals surface area contributed by atoms with Crippen LogP contribution in [0.5, 0.6) is 0 Å². The second-order valence-electron chi connectivity index (χ2n) is 13.6. The molecule has 11 atom stereocenters. The molecule has 0 aromatic carbocycles. The minimum atomic E-state index is -5.09. The molecule has 8 heterocycles. The van der Waals surface area contributed by atoms with Crippen molar-refractivity contribution in [2.24, 2.45) is 0 Å². The SMILES string of the molecule is Nc1ncn([C@H]2C[C@@H](OP(=O)(O)OC[C@H]3O[C@@H](n4cnc5c(=O)[nH]c(N)nc54)C[C@H]3O)[C@@H](COP(=O)(O)O[C@@H]3C[C@H](n4cnc5c(=O)[nH]c(N)nc54)O[C@@H]3CO)O2)c(=O)n1. The lowest BCUT2D eigenvalue weighted by molar-refractivity contribution is -0.0611. The second-order valence-corrected chi connectivity index (χ2v) is 16.4. The maximum atomic E-state index is 13.3. The number of phosphoric acid groups is 2. The Kier molecular flexibility index (Phi) is 11.2. The monoisotopic (exact) mass is 886 g/mol. The fourth-order valence-electron chi connectivity index (χ4n) is 6.91. The van der Waals surface area contributed by atoms with Gasteiger partial charge in [0, 0.05) is 19.3 Å². The first-order valence-corrected chi connectivity index (χ1v) is 20.7. The van der Waals surface area contributed by atoms with Crippen LogP contribution in [-0.2, 0) is 41.4 Å². The number of nitrogens with two attached hydrogens (primary N) is 3. The Morgan fingerprint density at radius 3 is 1.72 bits per heavy atom. The van der Waals surface area contributed by atoms with Gasteiger partial charge in [-0.3, -0.25) is 51.4 Å². The molecule has 324 valence electrons. The van der Waals surface area contributed by atoms with Gasteiger partial charge in [0.15, 0.2) is 22.3 Å². The highest BCUT2D eigenvalue weighted by atomic mass is 31.2. The summed E-state index contributed by atoms with van der Waals surface area (Å²) in [5, 5.41) is 20.7. The van der Waals surface area contributed by atoms with Crippen LogP contribution in [0.3, 0.4) is 0 Å². The maximum Gasteiger partial charge on any atom is 0.472 e. The minimum Gasteiger partial charge on any atom is -0.394 e. The highest BCUT2D eigenvalue weighted by Gasteiger charge is 2.46. The third kappa shape index (κ3) is 8.46. The summed E-state index contributed by atoms with van der Waals surface area (Å²) in [5.74, 6) is -0.741. The summed E-state index contributed by atoms with van der Waals surface area (Å²) in [7, 11) is -10.2. The van der Waals surface area contributed by atoms with Gasteiger partial charge in [0.05, 0.1) is 38.6 Å². The molecule has 0 bridgehead atoms. The van der Waals surface area contributed by atoms with Crippen molar-refractivity contribution < 1.29 is 61.4 Å². The number of nitrogens with one attached hydrogen (secondary N) is 2. The molecule has 3 saturated heterocycles. The third-order valence-electron chi connectivity index (χ3n) is 9.66. The molecule has 5 aromatic heterocycles. The lowest BCUT2D eigenvalue weighted by Gasteiger charge is -2.24. The number of aliphatic hydroxyl groups excluding tert-OH is 2. The van der Waals surface area contributed by atoms with Crippen LogP contribution in [0.15, 0.2) is 33.4 Å². The van der Waals surface area contributed by atoms with Gasteiger partial charge in [0.2, 0.25) is 17.8 Å². The number of ether oxygens (including phenoxy) is 3. The Morgan fingerprint density at radius 2 is 1.17 bits per heavy atom. The van der Waals surface area contributed by atoms with Crippen LogP contribution in [0.2, 0.25) is 0 Å². The smallest absolute Gasteiger partial charge is 0.394 e. The van der Waals surface area contributed by atoms with E-state index < -0.39 is 108 Å². The van der Waals surface area contributed by atoms with Crippen molar-refractivity contribution in [3.63, 3.8) is 0 Å². The number of nitrogen functional groups attached to an aromatic ring is 3. The molecule has 60 heavy (non-hydrogen) atoms. The first-order chi connectivity index (χ1) is 28.5. The van der Waals surface area contributed by atoms with Crippen LogP contribution in [0.25, 0.3) is 22.3 Å². The van der Waals surface area contributed by atoms with Gasteiger partial charge in [0.25, 0.3) is 11.1 Å². The number of H-pyrrole nitrogens is 2. The number of phosphoric ester groups is 2. The maximum absolute atomic E-state index is 13.3. The van der Waals surface area contributed by atoms with Crippen molar-refractivity contribution in [3.8, 4) is 0 Å². The van der Waals surface area contributed by atoms with E-state index in [9.17, 15) is 43.5 Å². The van der Waals surface area contributed by atoms with Gasteiger partial charge >= 0.3 is 21.3 Å². The molecule has 12 N–H and O–H groups in total. The van der Waals surface area contributed by atoms with Crippen LogP contribution in [0, 0.1) is 0 Å². The second kappa shape index (κ2) is 16.1. The number of anilines is 3. The molecule has 3 fully saturated rings. The standard InChI is InChI=1S/C28H36N14O16P2/c29-25-34-9-42(28(47)39-25)18-3-12(58-59(48,49)52-5-14-10(44)1-16(55-14)40-7-32-19-21(40)35-26(30)37-23(19)45)15(56-18)6-53-60(50,51)57-11-2-17(54-13(11)4-43)41-8-33-20-22(41)36-27(31)38-24(20)46/h7-18,43-44H,1-6H2,(H,48,49)(H,50,51)(H2,29,39,47)(H3,30,35,37,45)(H3,31,36,38,46)/t10-,11-,12-,13-,14-,15-,16-,17-,18-/m1/s1. The van der Waals surface area contributed by atoms with Gasteiger partial charge in [-0.1, -0.05) is 0 Å². The van der Waals surface area contributed by atoms with E-state index in [-0.39, 0.29) is 59.4 Å². The fraction of sp³-hybridized carbons (Fsp3) is 0.536. The Morgan fingerprint density at radius 1 is 0.700 bits per heavy atom. The molecule has 5 aromatic rings. The van der Waals surface area contributed by atoms with Gasteiger partial charge in [-0.25, -0.2) is 28.9 Å². The molecule has 3 aliphatic rings. The molecular weight excluding hydrogens is 850 g/mol. The Balaban J connectivity index is 0.931. The van der Waals surface area contributed by atoms with E-state index in [4.69, 9.17) is 49.5 Å². The van der Waals surface area contributed by atoms with E-state index in [2.05, 4.69) is 39.9 Å². The van der Waals surface area contributed by atoms with Crippen LogP contribution in [-0.4, -0.2) is 130 Å². The average Bonchev–Trinajstić information content (AvgIpc) is 4.00. The number of hydrogen-bond donors (Lipinski definition) is 9. The summed E-state index contributed by atoms with van der Waals surface area (Å²) in [6, 6.07) is 0. The van der Waals surface area contributed by atoms with Gasteiger partial charge in [-0.05, 0) is 0 Å². The zero-order chi connectivity index (χ0) is 42.7. The summed E-state index contributed by atoms with van der Waals surface area (Å²) < 4.78 is 68.9. The molecule has 2 unspecified atom stereocenters. The van der Waals surface area contributed by atoms with Crippen LogP contribution in [0.1, 0.15) is 37.9 Å². The highest BCUT2D eigenvalue weighted by molar-refractivity contribution is 7.47. The minimum absolute atomic E-state index is 0.0402. The van der Waals surface area contributed by atoms with Crippen molar-refractivity contribution in [1.29, 1.82) is 0 Å². The van der Waals surface area contributed by atoms with Gasteiger partial charge in [-0.2, -0.15) is 15.0 Å². The number of rotatable bonds is 14. The van der Waals surface area contributed by atoms with E-state index in [1.54, 1.807) is 0 Å². The third-order valence-corrected chi connectivity index (χ3v) is 11.7. The largest absolute Gasteiger partial charge is 0.472 e. The number of hydrogen-bond acceptors (Lipinski definition) is 23. The van der Waals surface area contributed by atoms with E-state index in [1.807, 2.05) is 0 Å². The molecule has 30 nitrogen and oxygen atoms in total. The first kappa shape index (κ1) is 41.7. The van der Waals surface area contributed by atoms with Crippen molar-refractivity contribution in [1.82, 2.24) is 53.6 Å². The Labute approximate surface area is 332 Å². The van der Waals surface area contributed by atoms with Crippen molar-refractivity contribution >= 4 is 55.8 Å². The Hall–Kier alpha value is -5.07. The number of fused-ring (bicyclic) bond motifs is 2. The fourth-order valence-corrected chi connectivity index (χ4v) is 8.83. The van der Waals surface area contributed by atoms with Crippen molar-refractivity contribution in [2.45, 2.75) is 74.6 Å². The summed E-state index contributed by atoms with van der Waals surface area (Å²) in [4.78, 5) is 86.7. The summed E-state index contributed by atoms with van der Waals surface area (Å²) >= 11 is 0. The van der Waals surface area contributed by atoms with Crippen molar-refractivity contribution in [3.05, 3.63) is 50.2 Å². The zero-order valence-electron chi connectivity index (χ0n) is 30.5. The van der Waals surface area contributed by atoms with Gasteiger partial charge in [0.1, 0.15) is 55.5 Å². The Bertz CT molecular complexity index is 2690. The van der Waals surface area contributed by atoms with Crippen LogP contribution < -0.4 is 34.0 Å². The molecular formula is C28H36N14O16P2. The molecule has 3 aliphatic heterocycles. The highest BCUT2D eigenvalue weighted by Crippen LogP contribution is 2.52. The van der Waals surface area contributed by atoms with Gasteiger partial charge in [-0.15, -0.1) is 0 Å². The molecule has 0 radical (unpaired) electrons. The molecule has 0 spiro atoms. The zero-order valence-corrected chi connectivity index (χ0v) is 32.3. The molecule has 0 amide bonds. The van der Waals surface area contributed by atoms with Gasteiger partial charge < -0.3 is 51.4 Å². The predicted octanol–water partition coefficient (Wildman–Crippen LogP) is -3.13. The molecule has 0 aliphatic carbocycles. The summed E-state index contributed by atoms with van der Waals surface area (Å²) in [6.45, 7) is -2.21. The van der Waals surface area contributed by atoms with E-state index in [1.165, 1.54) is 21.8 Å². The number of aromatic amines is 2. The normalized spacial score (nSPS) is 29.0. The van der Waals surface area contributed by atoms with E-state index in [0.717, 1.165) is 10.9 Å². The quantitative estimate of drug-likeness (QED) is 0.0498. The van der Waals surface area contributed by atoms with Crippen LogP contribution in [0.4, 0.5) is 17.8 Å². The molecule has 8 rings (SSSR count). The van der Waals surface area contributed by atoms with E-state index >= 15 is 0 Å². The molecule has 32 heteroatoms. The lowest BCUT2D eigenvalue weighted by atomic mass is 10.2.